The van der Waals surface area contributed by atoms with Crippen LogP contribution < -0.4 is 0 Å². The van der Waals surface area contributed by atoms with Gasteiger partial charge >= 0.3 is 0 Å². The first-order valence-electron chi connectivity index (χ1n) is 11.6. The average molecular weight is 393 g/mol. The minimum atomic E-state index is -0.449. The second-order valence-corrected chi connectivity index (χ2v) is 9.04. The zero-order chi connectivity index (χ0) is 20.2. The van der Waals surface area contributed by atoms with Gasteiger partial charge in [0.1, 0.15) is 0 Å². The number of rotatable bonds is 9. The Hall–Kier alpha value is -1.64. The van der Waals surface area contributed by atoms with E-state index in [1.54, 1.807) is 0 Å². The minimum Gasteiger partial charge on any atom is -0.349 e. The van der Waals surface area contributed by atoms with Crippen molar-refractivity contribution in [2.75, 3.05) is 6.61 Å². The third-order valence-corrected chi connectivity index (χ3v) is 7.19. The van der Waals surface area contributed by atoms with E-state index in [-0.39, 0.29) is 11.5 Å². The van der Waals surface area contributed by atoms with Gasteiger partial charge in [-0.15, -0.1) is 0 Å². The van der Waals surface area contributed by atoms with Gasteiger partial charge in [-0.1, -0.05) is 86.8 Å². The summed E-state index contributed by atoms with van der Waals surface area (Å²) in [7, 11) is 0. The third kappa shape index (κ3) is 3.90. The van der Waals surface area contributed by atoms with E-state index in [9.17, 15) is 0 Å². The van der Waals surface area contributed by atoms with E-state index in [0.29, 0.717) is 5.92 Å². The van der Waals surface area contributed by atoms with Crippen molar-refractivity contribution >= 4 is 0 Å². The first-order chi connectivity index (χ1) is 14.2. The van der Waals surface area contributed by atoms with E-state index < -0.39 is 5.79 Å². The Morgan fingerprint density at radius 3 is 2.17 bits per heavy atom. The van der Waals surface area contributed by atoms with Crippen molar-refractivity contribution in [2.45, 2.75) is 83.0 Å². The first-order valence-corrected chi connectivity index (χ1v) is 11.6. The Labute approximate surface area is 176 Å². The van der Waals surface area contributed by atoms with Gasteiger partial charge in [0.15, 0.2) is 5.79 Å². The molecule has 1 aliphatic heterocycles. The molecule has 0 unspecified atom stereocenters. The van der Waals surface area contributed by atoms with Crippen molar-refractivity contribution < 1.29 is 9.47 Å². The summed E-state index contributed by atoms with van der Waals surface area (Å²) in [5, 5.41) is 0. The highest BCUT2D eigenvalue weighted by Gasteiger charge is 2.64. The molecule has 2 aromatic carbocycles. The van der Waals surface area contributed by atoms with Crippen LogP contribution in [0.4, 0.5) is 0 Å². The zero-order valence-electron chi connectivity index (χ0n) is 18.1. The lowest BCUT2D eigenvalue weighted by molar-refractivity contribution is -0.269. The molecule has 2 aliphatic rings. The van der Waals surface area contributed by atoms with Crippen LogP contribution in [0.1, 0.15) is 82.3 Å². The molecule has 156 valence electrons. The zero-order valence-corrected chi connectivity index (χ0v) is 18.1. The molecule has 0 amide bonds. The Kier molecular flexibility index (Phi) is 6.41. The second-order valence-electron chi connectivity index (χ2n) is 9.04. The maximum absolute atomic E-state index is 6.87. The number of benzene rings is 2. The molecule has 2 fully saturated rings. The largest absolute Gasteiger partial charge is 0.349 e. The van der Waals surface area contributed by atoms with Crippen molar-refractivity contribution in [3.05, 3.63) is 71.8 Å². The summed E-state index contributed by atoms with van der Waals surface area (Å²) in [5.74, 6) is -0.146. The molecule has 0 spiro atoms. The minimum absolute atomic E-state index is 0.00865. The average Bonchev–Trinajstić information content (AvgIpc) is 3.25. The van der Waals surface area contributed by atoms with Crippen LogP contribution in [-0.4, -0.2) is 18.5 Å². The maximum Gasteiger partial charge on any atom is 0.175 e. The summed E-state index contributed by atoms with van der Waals surface area (Å²) in [5.41, 5.74) is 2.78. The molecule has 1 heterocycles. The van der Waals surface area contributed by atoms with Crippen molar-refractivity contribution in [1.82, 2.24) is 0 Å². The molecular formula is C27H36O2. The molecule has 0 aromatic heterocycles. The van der Waals surface area contributed by atoms with Crippen LogP contribution in [0, 0.1) is 5.41 Å². The molecule has 2 heteroatoms. The fourth-order valence-corrected chi connectivity index (χ4v) is 5.91. The quantitative estimate of drug-likeness (QED) is 0.424. The molecule has 0 bridgehead atoms. The molecule has 1 saturated heterocycles. The van der Waals surface area contributed by atoms with E-state index in [1.165, 1.54) is 43.2 Å². The van der Waals surface area contributed by atoms with E-state index in [2.05, 4.69) is 74.5 Å². The van der Waals surface area contributed by atoms with Gasteiger partial charge in [-0.25, -0.2) is 0 Å². The van der Waals surface area contributed by atoms with Crippen LogP contribution >= 0.6 is 0 Å². The van der Waals surface area contributed by atoms with Gasteiger partial charge in [0.2, 0.25) is 0 Å². The molecule has 1 aliphatic carbocycles. The van der Waals surface area contributed by atoms with Crippen molar-refractivity contribution in [1.29, 1.82) is 0 Å². The second kappa shape index (κ2) is 9.02. The standard InChI is InChI=1S/C27H36O2/c1-3-4-7-13-22(2)29-27-19-12-18-26(27,20-21-28-27)25(23-14-8-5-9-15-23)24-16-10-6-11-17-24/h5-6,8-11,14-17,22,25H,3-4,7,12-13,18-21H2,1-2H3/t22-,26+,27-/m0/s1. The van der Waals surface area contributed by atoms with Gasteiger partial charge < -0.3 is 9.47 Å². The SMILES string of the molecule is CCCCC[C@H](C)O[C@@]12CCC[C@]1(C(c1ccccc1)c1ccccc1)CCO2. The fourth-order valence-electron chi connectivity index (χ4n) is 5.91. The number of unbranched alkanes of at least 4 members (excludes halogenated alkanes) is 2. The monoisotopic (exact) mass is 392 g/mol. The van der Waals surface area contributed by atoms with E-state index in [1.807, 2.05) is 0 Å². The molecule has 0 radical (unpaired) electrons. The van der Waals surface area contributed by atoms with Crippen molar-refractivity contribution in [3.8, 4) is 0 Å². The first kappa shape index (κ1) is 20.6. The lowest BCUT2D eigenvalue weighted by Gasteiger charge is -2.46. The number of fused-ring (bicyclic) bond motifs is 1. The number of ether oxygens (including phenoxy) is 2. The molecule has 2 aromatic rings. The van der Waals surface area contributed by atoms with Gasteiger partial charge in [0, 0.05) is 17.8 Å². The van der Waals surface area contributed by atoms with Crippen LogP contribution in [0.25, 0.3) is 0 Å². The summed E-state index contributed by atoms with van der Waals surface area (Å²) in [6.45, 7) is 5.31. The van der Waals surface area contributed by atoms with Crippen LogP contribution in [0.5, 0.6) is 0 Å². The molecule has 2 nitrogen and oxygen atoms in total. The predicted octanol–water partition coefficient (Wildman–Crippen LogP) is 7.09. The Balaban J connectivity index is 1.70. The molecule has 29 heavy (non-hydrogen) atoms. The van der Waals surface area contributed by atoms with E-state index in [0.717, 1.165) is 25.9 Å². The summed E-state index contributed by atoms with van der Waals surface area (Å²) >= 11 is 0. The van der Waals surface area contributed by atoms with Gasteiger partial charge in [-0.3, -0.25) is 0 Å². The topological polar surface area (TPSA) is 18.5 Å². The highest BCUT2D eigenvalue weighted by Crippen LogP contribution is 2.64. The summed E-state index contributed by atoms with van der Waals surface area (Å²) in [4.78, 5) is 0. The normalized spacial score (nSPS) is 27.3. The van der Waals surface area contributed by atoms with Gasteiger partial charge in [0.05, 0.1) is 12.7 Å². The predicted molar refractivity (Wildman–Crippen MR) is 119 cm³/mol. The maximum atomic E-state index is 6.87. The smallest absolute Gasteiger partial charge is 0.175 e. The summed E-state index contributed by atoms with van der Waals surface area (Å²) < 4.78 is 13.4. The van der Waals surface area contributed by atoms with Crippen LogP contribution in [-0.2, 0) is 9.47 Å². The fraction of sp³-hybridized carbons (Fsp3) is 0.556. The molecule has 1 saturated carbocycles. The third-order valence-electron chi connectivity index (χ3n) is 7.19. The Bertz CT molecular complexity index is 705. The molecule has 4 rings (SSSR count). The van der Waals surface area contributed by atoms with Crippen molar-refractivity contribution in [2.24, 2.45) is 5.41 Å². The van der Waals surface area contributed by atoms with Crippen molar-refractivity contribution in [3.63, 3.8) is 0 Å². The van der Waals surface area contributed by atoms with E-state index in [4.69, 9.17) is 9.47 Å². The van der Waals surface area contributed by atoms with Crippen LogP contribution in [0.2, 0.25) is 0 Å². The summed E-state index contributed by atoms with van der Waals surface area (Å²) in [6, 6.07) is 22.1. The lowest BCUT2D eigenvalue weighted by Crippen LogP contribution is -2.48. The molecular weight excluding hydrogens is 356 g/mol. The highest BCUT2D eigenvalue weighted by atomic mass is 16.7. The highest BCUT2D eigenvalue weighted by molar-refractivity contribution is 5.37. The Morgan fingerprint density at radius 2 is 1.55 bits per heavy atom. The van der Waals surface area contributed by atoms with E-state index >= 15 is 0 Å². The number of hydrogen-bond donors (Lipinski definition) is 0. The molecule has 3 atom stereocenters. The summed E-state index contributed by atoms with van der Waals surface area (Å²) in [6.07, 6.45) is 9.57. The lowest BCUT2D eigenvalue weighted by atomic mass is 9.64. The Morgan fingerprint density at radius 1 is 0.897 bits per heavy atom. The molecule has 0 N–H and O–H groups in total. The van der Waals surface area contributed by atoms with Gasteiger partial charge in [-0.2, -0.15) is 0 Å². The number of hydrogen-bond acceptors (Lipinski definition) is 2. The van der Waals surface area contributed by atoms with Crippen LogP contribution in [0.15, 0.2) is 60.7 Å². The van der Waals surface area contributed by atoms with Gasteiger partial charge in [0.25, 0.3) is 0 Å². The van der Waals surface area contributed by atoms with Gasteiger partial charge in [-0.05, 0) is 43.7 Å². The van der Waals surface area contributed by atoms with Crippen LogP contribution in [0.3, 0.4) is 0 Å².